The van der Waals surface area contributed by atoms with E-state index in [4.69, 9.17) is 0 Å². The van der Waals surface area contributed by atoms with Crippen LogP contribution in [0.15, 0.2) is 24.5 Å². The van der Waals surface area contributed by atoms with Crippen LogP contribution in [-0.4, -0.2) is 16.0 Å². The van der Waals surface area contributed by atoms with E-state index in [-0.39, 0.29) is 6.04 Å². The Morgan fingerprint density at radius 3 is 2.19 bits per heavy atom. The van der Waals surface area contributed by atoms with Gasteiger partial charge in [-0.3, -0.25) is 0 Å². The zero-order chi connectivity index (χ0) is 14.8. The van der Waals surface area contributed by atoms with Gasteiger partial charge >= 0.3 is 0 Å². The molecule has 0 amide bonds. The van der Waals surface area contributed by atoms with E-state index in [0.717, 1.165) is 29.5 Å². The van der Waals surface area contributed by atoms with Crippen molar-refractivity contribution in [1.82, 2.24) is 9.97 Å². The van der Waals surface area contributed by atoms with Crippen molar-refractivity contribution < 1.29 is 8.78 Å². The number of aromatic nitrogens is 2. The molecular formula is C16H17F2N3. The number of hydrogen-bond donors (Lipinski definition) is 1. The Bertz CT molecular complexity index is 610. The molecule has 110 valence electrons. The van der Waals surface area contributed by atoms with Crippen molar-refractivity contribution >= 4 is 5.95 Å². The summed E-state index contributed by atoms with van der Waals surface area (Å²) in [6.45, 7) is 2.11. The minimum atomic E-state index is -0.783. The second kappa shape index (κ2) is 5.76. The Kier molecular flexibility index (Phi) is 3.82. The molecule has 0 saturated carbocycles. The molecule has 2 aromatic rings. The maximum absolute atomic E-state index is 13.2. The van der Waals surface area contributed by atoms with Gasteiger partial charge in [-0.05, 0) is 48.1 Å². The van der Waals surface area contributed by atoms with Crippen LogP contribution >= 0.6 is 0 Å². The van der Waals surface area contributed by atoms with Gasteiger partial charge in [0.1, 0.15) is 0 Å². The summed E-state index contributed by atoms with van der Waals surface area (Å²) in [5.41, 5.74) is 2.82. The summed E-state index contributed by atoms with van der Waals surface area (Å²) >= 11 is 0. The minimum Gasteiger partial charge on any atom is -0.351 e. The lowest BCUT2D eigenvalue weighted by molar-refractivity contribution is 0.507. The maximum Gasteiger partial charge on any atom is 0.222 e. The molecule has 5 heteroatoms. The summed E-state index contributed by atoms with van der Waals surface area (Å²) in [5.74, 6) is -1.00. The van der Waals surface area contributed by atoms with E-state index in [9.17, 15) is 8.78 Å². The molecule has 1 aromatic carbocycles. The second-order valence-corrected chi connectivity index (χ2v) is 5.45. The maximum atomic E-state index is 13.2. The molecule has 1 heterocycles. The minimum absolute atomic E-state index is 0.0817. The average Bonchev–Trinajstić information content (AvgIpc) is 2.83. The molecule has 1 aliphatic rings. The van der Waals surface area contributed by atoms with Crippen molar-refractivity contribution in [3.8, 4) is 0 Å². The van der Waals surface area contributed by atoms with E-state index >= 15 is 0 Å². The fourth-order valence-electron chi connectivity index (χ4n) is 2.74. The van der Waals surface area contributed by atoms with Crippen molar-refractivity contribution in [2.75, 3.05) is 5.32 Å². The molecule has 1 N–H and O–H groups in total. The largest absolute Gasteiger partial charge is 0.351 e. The number of hydrogen-bond acceptors (Lipinski definition) is 3. The number of benzene rings is 1. The molecule has 0 unspecified atom stereocenters. The van der Waals surface area contributed by atoms with Gasteiger partial charge in [-0.25, -0.2) is 18.7 Å². The first-order chi connectivity index (χ1) is 10.2. The summed E-state index contributed by atoms with van der Waals surface area (Å²) in [6, 6.07) is 2.66. The molecule has 0 bridgehead atoms. The van der Waals surface area contributed by atoms with Gasteiger partial charge in [-0.1, -0.05) is 13.3 Å². The summed E-state index contributed by atoms with van der Waals surface area (Å²) < 4.78 is 26.4. The van der Waals surface area contributed by atoms with Gasteiger partial charge in [-0.15, -0.1) is 0 Å². The van der Waals surface area contributed by atoms with Gasteiger partial charge in [0, 0.05) is 18.4 Å². The van der Waals surface area contributed by atoms with Crippen molar-refractivity contribution in [3.63, 3.8) is 0 Å². The summed E-state index contributed by atoms with van der Waals surface area (Å²) in [4.78, 5) is 8.58. The van der Waals surface area contributed by atoms with E-state index in [1.165, 1.54) is 12.1 Å². The highest BCUT2D eigenvalue weighted by Crippen LogP contribution is 2.26. The standard InChI is InChI=1S/C16H17F2N3/c1-2-3-10-8-19-16(20-9-10)21-13-4-11-6-14(17)15(18)7-12(11)5-13/h6-9,13H,2-5H2,1H3,(H,19,20,21). The van der Waals surface area contributed by atoms with Gasteiger partial charge in [-0.2, -0.15) is 0 Å². The molecule has 0 radical (unpaired) electrons. The zero-order valence-electron chi connectivity index (χ0n) is 11.9. The van der Waals surface area contributed by atoms with E-state index in [1.54, 1.807) is 0 Å². The Morgan fingerprint density at radius 2 is 1.67 bits per heavy atom. The zero-order valence-corrected chi connectivity index (χ0v) is 11.9. The molecule has 3 nitrogen and oxygen atoms in total. The number of nitrogens with zero attached hydrogens (tertiary/aromatic N) is 2. The van der Waals surface area contributed by atoms with Crippen LogP contribution in [0, 0.1) is 11.6 Å². The molecule has 21 heavy (non-hydrogen) atoms. The van der Waals surface area contributed by atoms with Crippen molar-refractivity contribution in [2.24, 2.45) is 0 Å². The fraction of sp³-hybridized carbons (Fsp3) is 0.375. The highest BCUT2D eigenvalue weighted by Gasteiger charge is 2.24. The quantitative estimate of drug-likeness (QED) is 0.938. The van der Waals surface area contributed by atoms with E-state index in [2.05, 4.69) is 22.2 Å². The van der Waals surface area contributed by atoms with Crippen LogP contribution in [0.2, 0.25) is 0 Å². The van der Waals surface area contributed by atoms with Gasteiger partial charge in [0.2, 0.25) is 5.95 Å². The Labute approximate surface area is 122 Å². The fourth-order valence-corrected chi connectivity index (χ4v) is 2.74. The lowest BCUT2D eigenvalue weighted by Crippen LogP contribution is -2.21. The third-order valence-electron chi connectivity index (χ3n) is 3.75. The topological polar surface area (TPSA) is 37.8 Å². The molecule has 3 rings (SSSR count). The number of nitrogens with one attached hydrogen (secondary N) is 1. The lowest BCUT2D eigenvalue weighted by atomic mass is 10.1. The van der Waals surface area contributed by atoms with Crippen LogP contribution in [-0.2, 0) is 19.3 Å². The smallest absolute Gasteiger partial charge is 0.222 e. The number of anilines is 1. The Hall–Kier alpha value is -2.04. The number of rotatable bonds is 4. The third-order valence-corrected chi connectivity index (χ3v) is 3.75. The van der Waals surface area contributed by atoms with Gasteiger partial charge in [0.25, 0.3) is 0 Å². The Morgan fingerprint density at radius 1 is 1.10 bits per heavy atom. The van der Waals surface area contributed by atoms with Crippen LogP contribution < -0.4 is 5.32 Å². The SMILES string of the molecule is CCCc1cnc(NC2Cc3cc(F)c(F)cc3C2)nc1. The number of fused-ring (bicyclic) bond motifs is 1. The number of halogens is 2. The summed E-state index contributed by atoms with van der Waals surface area (Å²) in [5, 5.41) is 3.23. The molecule has 0 aliphatic heterocycles. The molecule has 0 saturated heterocycles. The van der Waals surface area contributed by atoms with Gasteiger partial charge < -0.3 is 5.32 Å². The van der Waals surface area contributed by atoms with Crippen LogP contribution in [0.4, 0.5) is 14.7 Å². The second-order valence-electron chi connectivity index (χ2n) is 5.45. The summed E-state index contributed by atoms with van der Waals surface area (Å²) in [7, 11) is 0. The van der Waals surface area contributed by atoms with E-state index in [0.29, 0.717) is 18.8 Å². The van der Waals surface area contributed by atoms with E-state index < -0.39 is 11.6 Å². The summed E-state index contributed by atoms with van der Waals surface area (Å²) in [6.07, 6.45) is 6.98. The average molecular weight is 289 g/mol. The normalized spacial score (nSPS) is 14.2. The van der Waals surface area contributed by atoms with Crippen LogP contribution in [0.1, 0.15) is 30.0 Å². The highest BCUT2D eigenvalue weighted by molar-refractivity contribution is 5.39. The molecule has 0 atom stereocenters. The Balaban J connectivity index is 1.67. The molecule has 0 fully saturated rings. The third kappa shape index (κ3) is 3.01. The number of aryl methyl sites for hydroxylation is 1. The molecule has 0 spiro atoms. The van der Waals surface area contributed by atoms with Gasteiger partial charge in [0.15, 0.2) is 11.6 Å². The first kappa shape index (κ1) is 13.9. The first-order valence-corrected chi connectivity index (χ1v) is 7.20. The molecule has 1 aromatic heterocycles. The van der Waals surface area contributed by atoms with Crippen LogP contribution in [0.25, 0.3) is 0 Å². The van der Waals surface area contributed by atoms with E-state index in [1.807, 2.05) is 12.4 Å². The lowest BCUT2D eigenvalue weighted by Gasteiger charge is -2.11. The van der Waals surface area contributed by atoms with Crippen molar-refractivity contribution in [2.45, 2.75) is 38.6 Å². The van der Waals surface area contributed by atoms with Crippen LogP contribution in [0.3, 0.4) is 0 Å². The highest BCUT2D eigenvalue weighted by atomic mass is 19.2. The van der Waals surface area contributed by atoms with Gasteiger partial charge in [0.05, 0.1) is 0 Å². The predicted molar refractivity (Wildman–Crippen MR) is 77.2 cm³/mol. The van der Waals surface area contributed by atoms with Crippen molar-refractivity contribution in [1.29, 1.82) is 0 Å². The molecular weight excluding hydrogens is 272 g/mol. The monoisotopic (exact) mass is 289 g/mol. The van der Waals surface area contributed by atoms with Crippen molar-refractivity contribution in [3.05, 3.63) is 52.9 Å². The van der Waals surface area contributed by atoms with Crippen LogP contribution in [0.5, 0.6) is 0 Å². The first-order valence-electron chi connectivity index (χ1n) is 7.20. The molecule has 1 aliphatic carbocycles. The predicted octanol–water partition coefficient (Wildman–Crippen LogP) is 3.29.